The molecule has 2 atom stereocenters. The van der Waals surface area contributed by atoms with Gasteiger partial charge >= 0.3 is 0 Å². The summed E-state index contributed by atoms with van der Waals surface area (Å²) in [5, 5.41) is 0. The third-order valence-electron chi connectivity index (χ3n) is 4.00. The van der Waals surface area contributed by atoms with Gasteiger partial charge in [-0.2, -0.15) is 0 Å². The van der Waals surface area contributed by atoms with Crippen LogP contribution in [0.5, 0.6) is 5.75 Å². The number of benzene rings is 1. The zero-order valence-corrected chi connectivity index (χ0v) is 11.0. The monoisotopic (exact) mass is 260 g/mol. The first-order chi connectivity index (χ1) is 9.24. The van der Waals surface area contributed by atoms with Crippen molar-refractivity contribution in [2.75, 3.05) is 19.7 Å². The van der Waals surface area contributed by atoms with E-state index in [9.17, 15) is 4.79 Å². The highest BCUT2D eigenvalue weighted by Crippen LogP contribution is 2.28. The molecular formula is C15H20N2O2. The molecule has 2 aliphatic heterocycles. The van der Waals surface area contributed by atoms with E-state index in [0.717, 1.165) is 37.1 Å². The SMILES string of the molecule is NC1CCCN(C(=O)C2COc3ccccc3C2)C1. The average Bonchev–Trinajstić information content (AvgIpc) is 2.46. The van der Waals surface area contributed by atoms with Crippen LogP contribution in [-0.2, 0) is 11.2 Å². The van der Waals surface area contributed by atoms with Gasteiger partial charge in [-0.3, -0.25) is 4.79 Å². The minimum Gasteiger partial charge on any atom is -0.492 e. The Morgan fingerprint density at radius 1 is 1.37 bits per heavy atom. The number of carbonyl (C=O) groups excluding carboxylic acids is 1. The topological polar surface area (TPSA) is 55.6 Å². The summed E-state index contributed by atoms with van der Waals surface area (Å²) in [5.74, 6) is 1.06. The van der Waals surface area contributed by atoms with Gasteiger partial charge in [0.2, 0.25) is 5.91 Å². The van der Waals surface area contributed by atoms with Crippen LogP contribution >= 0.6 is 0 Å². The van der Waals surface area contributed by atoms with Crippen molar-refractivity contribution in [1.29, 1.82) is 0 Å². The molecule has 1 aromatic carbocycles. The smallest absolute Gasteiger partial charge is 0.229 e. The lowest BCUT2D eigenvalue weighted by atomic mass is 9.94. The van der Waals surface area contributed by atoms with Crippen LogP contribution in [0.1, 0.15) is 18.4 Å². The van der Waals surface area contributed by atoms with Gasteiger partial charge in [0, 0.05) is 19.1 Å². The standard InChI is InChI=1S/C15H20N2O2/c16-13-5-3-7-17(9-13)15(18)12-8-11-4-1-2-6-14(11)19-10-12/h1-2,4,6,12-13H,3,5,7-10,16H2. The van der Waals surface area contributed by atoms with E-state index in [4.69, 9.17) is 10.5 Å². The summed E-state index contributed by atoms with van der Waals surface area (Å²) in [6, 6.07) is 8.09. The number of nitrogens with two attached hydrogens (primary N) is 1. The van der Waals surface area contributed by atoms with Crippen LogP contribution in [0, 0.1) is 5.92 Å². The molecule has 2 unspecified atom stereocenters. The Labute approximate surface area is 113 Å². The zero-order chi connectivity index (χ0) is 13.2. The predicted molar refractivity (Wildman–Crippen MR) is 72.9 cm³/mol. The summed E-state index contributed by atoms with van der Waals surface area (Å²) in [6.45, 7) is 2.02. The number of rotatable bonds is 1. The zero-order valence-electron chi connectivity index (χ0n) is 11.0. The van der Waals surface area contributed by atoms with Crippen molar-refractivity contribution in [3.05, 3.63) is 29.8 Å². The van der Waals surface area contributed by atoms with Crippen molar-refractivity contribution in [1.82, 2.24) is 4.90 Å². The predicted octanol–water partition coefficient (Wildman–Crippen LogP) is 1.19. The highest BCUT2D eigenvalue weighted by Gasteiger charge is 2.31. The van der Waals surface area contributed by atoms with E-state index in [1.807, 2.05) is 29.2 Å². The number of amides is 1. The van der Waals surface area contributed by atoms with Crippen molar-refractivity contribution < 1.29 is 9.53 Å². The molecule has 102 valence electrons. The first-order valence-corrected chi connectivity index (χ1v) is 6.99. The van der Waals surface area contributed by atoms with Crippen LogP contribution in [0.25, 0.3) is 0 Å². The van der Waals surface area contributed by atoms with Crippen LogP contribution in [-0.4, -0.2) is 36.5 Å². The fourth-order valence-corrected chi connectivity index (χ4v) is 2.95. The number of ether oxygens (including phenoxy) is 1. The number of hydrogen-bond donors (Lipinski definition) is 1. The number of piperidine rings is 1. The quantitative estimate of drug-likeness (QED) is 0.825. The Balaban J connectivity index is 1.69. The van der Waals surface area contributed by atoms with E-state index < -0.39 is 0 Å². The van der Waals surface area contributed by atoms with E-state index in [-0.39, 0.29) is 17.9 Å². The second-order valence-corrected chi connectivity index (χ2v) is 5.51. The molecule has 4 heteroatoms. The third kappa shape index (κ3) is 2.59. The Morgan fingerprint density at radius 3 is 3.05 bits per heavy atom. The van der Waals surface area contributed by atoms with Gasteiger partial charge in [-0.25, -0.2) is 0 Å². The highest BCUT2D eigenvalue weighted by atomic mass is 16.5. The molecule has 2 aliphatic rings. The fraction of sp³-hybridized carbons (Fsp3) is 0.533. The molecule has 19 heavy (non-hydrogen) atoms. The second kappa shape index (κ2) is 5.21. The van der Waals surface area contributed by atoms with Gasteiger partial charge in [0.1, 0.15) is 12.4 Å². The van der Waals surface area contributed by atoms with E-state index >= 15 is 0 Å². The maximum Gasteiger partial charge on any atom is 0.229 e. The number of nitrogens with zero attached hydrogens (tertiary/aromatic N) is 1. The van der Waals surface area contributed by atoms with E-state index in [1.54, 1.807) is 0 Å². The molecule has 0 saturated carbocycles. The molecule has 0 aromatic heterocycles. The minimum atomic E-state index is -0.0554. The van der Waals surface area contributed by atoms with Gasteiger partial charge < -0.3 is 15.4 Å². The van der Waals surface area contributed by atoms with E-state index in [2.05, 4.69) is 0 Å². The molecule has 3 rings (SSSR count). The molecule has 0 spiro atoms. The highest BCUT2D eigenvalue weighted by molar-refractivity contribution is 5.80. The first-order valence-electron chi connectivity index (χ1n) is 6.99. The molecule has 1 saturated heterocycles. The second-order valence-electron chi connectivity index (χ2n) is 5.51. The number of carbonyl (C=O) groups is 1. The number of para-hydroxylation sites is 1. The van der Waals surface area contributed by atoms with E-state index in [0.29, 0.717) is 13.2 Å². The van der Waals surface area contributed by atoms with Gasteiger partial charge in [0.05, 0.1) is 5.92 Å². The number of fused-ring (bicyclic) bond motifs is 1. The lowest BCUT2D eigenvalue weighted by Gasteiger charge is -2.34. The molecule has 0 bridgehead atoms. The Bertz CT molecular complexity index is 475. The average molecular weight is 260 g/mol. The molecule has 1 fully saturated rings. The summed E-state index contributed by atoms with van der Waals surface area (Å²) in [4.78, 5) is 14.4. The fourth-order valence-electron chi connectivity index (χ4n) is 2.95. The van der Waals surface area contributed by atoms with Gasteiger partial charge in [-0.1, -0.05) is 18.2 Å². The lowest BCUT2D eigenvalue weighted by Crippen LogP contribution is -2.49. The maximum atomic E-state index is 12.5. The molecular weight excluding hydrogens is 240 g/mol. The normalized spacial score (nSPS) is 26.5. The third-order valence-corrected chi connectivity index (χ3v) is 4.00. The summed E-state index contributed by atoms with van der Waals surface area (Å²) in [5.41, 5.74) is 7.08. The van der Waals surface area contributed by atoms with Crippen molar-refractivity contribution in [2.45, 2.75) is 25.3 Å². The van der Waals surface area contributed by atoms with Crippen LogP contribution in [0.4, 0.5) is 0 Å². The Morgan fingerprint density at radius 2 is 2.21 bits per heavy atom. The van der Waals surface area contributed by atoms with Crippen LogP contribution in [0.2, 0.25) is 0 Å². The Kier molecular flexibility index (Phi) is 3.42. The van der Waals surface area contributed by atoms with E-state index in [1.165, 1.54) is 0 Å². The summed E-state index contributed by atoms with van der Waals surface area (Å²) in [7, 11) is 0. The summed E-state index contributed by atoms with van der Waals surface area (Å²) >= 11 is 0. The molecule has 4 nitrogen and oxygen atoms in total. The molecule has 1 aromatic rings. The number of likely N-dealkylation sites (tertiary alicyclic amines) is 1. The first kappa shape index (κ1) is 12.5. The van der Waals surface area contributed by atoms with Gasteiger partial charge in [-0.05, 0) is 30.9 Å². The Hall–Kier alpha value is -1.55. The lowest BCUT2D eigenvalue weighted by molar-refractivity contribution is -0.138. The van der Waals surface area contributed by atoms with Crippen molar-refractivity contribution >= 4 is 5.91 Å². The number of hydrogen-bond acceptors (Lipinski definition) is 3. The minimum absolute atomic E-state index is 0.0554. The van der Waals surface area contributed by atoms with Gasteiger partial charge in [0.25, 0.3) is 0 Å². The van der Waals surface area contributed by atoms with Crippen LogP contribution in [0.3, 0.4) is 0 Å². The molecule has 1 amide bonds. The maximum absolute atomic E-state index is 12.5. The van der Waals surface area contributed by atoms with Gasteiger partial charge in [-0.15, -0.1) is 0 Å². The largest absolute Gasteiger partial charge is 0.492 e. The van der Waals surface area contributed by atoms with Crippen molar-refractivity contribution in [3.8, 4) is 5.75 Å². The van der Waals surface area contributed by atoms with Crippen molar-refractivity contribution in [3.63, 3.8) is 0 Å². The molecule has 0 aliphatic carbocycles. The molecule has 0 radical (unpaired) electrons. The molecule has 2 heterocycles. The van der Waals surface area contributed by atoms with Crippen LogP contribution in [0.15, 0.2) is 24.3 Å². The summed E-state index contributed by atoms with van der Waals surface area (Å²) < 4.78 is 5.70. The van der Waals surface area contributed by atoms with Crippen LogP contribution < -0.4 is 10.5 Å². The van der Waals surface area contributed by atoms with Gasteiger partial charge in [0.15, 0.2) is 0 Å². The molecule has 2 N–H and O–H groups in total. The summed E-state index contributed by atoms with van der Waals surface area (Å²) in [6.07, 6.45) is 2.81. The van der Waals surface area contributed by atoms with Crippen molar-refractivity contribution in [2.24, 2.45) is 11.7 Å².